The molecule has 0 aliphatic heterocycles. The molecule has 0 aromatic rings. The van der Waals surface area contributed by atoms with E-state index in [4.69, 9.17) is 0 Å². The van der Waals surface area contributed by atoms with Crippen LogP contribution in [0.1, 0.15) is 33.1 Å². The van der Waals surface area contributed by atoms with Crippen molar-refractivity contribution in [2.45, 2.75) is 51.4 Å². The van der Waals surface area contributed by atoms with Crippen molar-refractivity contribution < 1.29 is 18.3 Å². The number of hydrogen-bond donors (Lipinski definition) is 1. The van der Waals surface area contributed by atoms with Crippen LogP contribution in [-0.2, 0) is 0 Å². The van der Waals surface area contributed by atoms with E-state index in [1.807, 2.05) is 0 Å². The minimum absolute atomic E-state index is 0.00440. The van der Waals surface area contributed by atoms with Crippen LogP contribution in [0.25, 0.3) is 0 Å². The molecule has 1 fully saturated rings. The second kappa shape index (κ2) is 5.36. The molecule has 0 bridgehead atoms. The molecule has 2 atom stereocenters. The van der Waals surface area contributed by atoms with Crippen LogP contribution in [0.4, 0.5) is 13.2 Å². The Morgan fingerprint density at radius 3 is 2.31 bits per heavy atom. The van der Waals surface area contributed by atoms with Crippen molar-refractivity contribution in [1.82, 2.24) is 4.90 Å². The fourth-order valence-corrected chi connectivity index (χ4v) is 2.22. The molecular formula is C11H20F3NO. The van der Waals surface area contributed by atoms with Crippen molar-refractivity contribution in [3.05, 3.63) is 0 Å². The van der Waals surface area contributed by atoms with Gasteiger partial charge in [-0.1, -0.05) is 6.42 Å². The molecule has 96 valence electrons. The average molecular weight is 239 g/mol. The highest BCUT2D eigenvalue weighted by Gasteiger charge is 2.34. The van der Waals surface area contributed by atoms with Gasteiger partial charge in [-0.3, -0.25) is 4.90 Å². The highest BCUT2D eigenvalue weighted by Crippen LogP contribution is 2.28. The standard InChI is InChI=1S/C11H20F3NO/c1-8(2)15(7-11(12,13)14)6-9-4-3-5-10(9)16/h8-10,16H,3-7H2,1-2H3. The Bertz CT molecular complexity index is 218. The Labute approximate surface area is 94.4 Å². The van der Waals surface area contributed by atoms with Gasteiger partial charge >= 0.3 is 6.18 Å². The Hall–Kier alpha value is -0.290. The maximum atomic E-state index is 12.3. The summed E-state index contributed by atoms with van der Waals surface area (Å²) in [6.45, 7) is 2.98. The van der Waals surface area contributed by atoms with Gasteiger partial charge in [0.2, 0.25) is 0 Å². The number of aliphatic hydroxyl groups is 1. The third-order valence-corrected chi connectivity index (χ3v) is 3.20. The van der Waals surface area contributed by atoms with Crippen LogP contribution in [0.15, 0.2) is 0 Å². The lowest BCUT2D eigenvalue weighted by Crippen LogP contribution is -2.43. The minimum Gasteiger partial charge on any atom is -0.393 e. The highest BCUT2D eigenvalue weighted by molar-refractivity contribution is 4.81. The van der Waals surface area contributed by atoms with E-state index in [0.29, 0.717) is 6.54 Å². The lowest BCUT2D eigenvalue weighted by molar-refractivity contribution is -0.151. The summed E-state index contributed by atoms with van der Waals surface area (Å²) in [4.78, 5) is 1.40. The van der Waals surface area contributed by atoms with Gasteiger partial charge in [-0.2, -0.15) is 13.2 Å². The van der Waals surface area contributed by atoms with Crippen molar-refractivity contribution in [3.8, 4) is 0 Å². The number of rotatable bonds is 4. The molecule has 1 aliphatic rings. The highest BCUT2D eigenvalue weighted by atomic mass is 19.4. The summed E-state index contributed by atoms with van der Waals surface area (Å²) in [5.74, 6) is 0.00440. The van der Waals surface area contributed by atoms with Gasteiger partial charge in [-0.15, -0.1) is 0 Å². The van der Waals surface area contributed by atoms with E-state index in [0.717, 1.165) is 19.3 Å². The molecule has 0 spiro atoms. The fourth-order valence-electron chi connectivity index (χ4n) is 2.22. The molecule has 0 aromatic heterocycles. The van der Waals surface area contributed by atoms with Crippen molar-refractivity contribution in [2.75, 3.05) is 13.1 Å². The topological polar surface area (TPSA) is 23.5 Å². The molecule has 5 heteroatoms. The first kappa shape index (κ1) is 13.8. The second-order valence-electron chi connectivity index (χ2n) is 4.90. The monoisotopic (exact) mass is 239 g/mol. The molecule has 1 rings (SSSR count). The van der Waals surface area contributed by atoms with E-state index in [2.05, 4.69) is 0 Å². The molecule has 1 aliphatic carbocycles. The Morgan fingerprint density at radius 1 is 1.31 bits per heavy atom. The summed E-state index contributed by atoms with van der Waals surface area (Å²) in [6, 6.07) is -0.144. The number of hydrogen-bond acceptors (Lipinski definition) is 2. The molecule has 1 saturated carbocycles. The zero-order valence-electron chi connectivity index (χ0n) is 9.80. The maximum absolute atomic E-state index is 12.3. The summed E-state index contributed by atoms with van der Waals surface area (Å²) >= 11 is 0. The van der Waals surface area contributed by atoms with Crippen LogP contribution in [-0.4, -0.2) is 41.4 Å². The van der Waals surface area contributed by atoms with Gasteiger partial charge in [-0.05, 0) is 32.6 Å². The van der Waals surface area contributed by atoms with Crippen LogP contribution in [0, 0.1) is 5.92 Å². The average Bonchev–Trinajstić information content (AvgIpc) is 2.48. The van der Waals surface area contributed by atoms with E-state index in [1.54, 1.807) is 13.8 Å². The lowest BCUT2D eigenvalue weighted by atomic mass is 10.0. The van der Waals surface area contributed by atoms with Crippen molar-refractivity contribution in [3.63, 3.8) is 0 Å². The summed E-state index contributed by atoms with van der Waals surface area (Å²) in [7, 11) is 0. The van der Waals surface area contributed by atoms with Crippen LogP contribution < -0.4 is 0 Å². The predicted octanol–water partition coefficient (Wildman–Crippen LogP) is 2.42. The van der Waals surface area contributed by atoms with E-state index in [-0.39, 0.29) is 12.0 Å². The molecule has 0 aromatic carbocycles. The predicted molar refractivity (Wildman–Crippen MR) is 56.1 cm³/mol. The Balaban J connectivity index is 2.51. The molecule has 2 unspecified atom stereocenters. The van der Waals surface area contributed by atoms with Crippen molar-refractivity contribution in [2.24, 2.45) is 5.92 Å². The Kier molecular flexibility index (Phi) is 4.62. The van der Waals surface area contributed by atoms with Gasteiger partial charge in [-0.25, -0.2) is 0 Å². The molecule has 0 saturated heterocycles. The quantitative estimate of drug-likeness (QED) is 0.814. The van der Waals surface area contributed by atoms with Gasteiger partial charge in [0.15, 0.2) is 0 Å². The summed E-state index contributed by atoms with van der Waals surface area (Å²) in [5, 5.41) is 9.61. The molecule has 2 nitrogen and oxygen atoms in total. The Morgan fingerprint density at radius 2 is 1.94 bits per heavy atom. The number of halogens is 3. The van der Waals surface area contributed by atoms with Gasteiger partial charge in [0.1, 0.15) is 0 Å². The fraction of sp³-hybridized carbons (Fsp3) is 1.00. The van der Waals surface area contributed by atoms with Gasteiger partial charge in [0.25, 0.3) is 0 Å². The number of alkyl halides is 3. The van der Waals surface area contributed by atoms with Crippen molar-refractivity contribution in [1.29, 1.82) is 0 Å². The zero-order valence-corrected chi connectivity index (χ0v) is 9.80. The van der Waals surface area contributed by atoms with Crippen LogP contribution in [0.3, 0.4) is 0 Å². The third kappa shape index (κ3) is 4.29. The number of nitrogens with zero attached hydrogens (tertiary/aromatic N) is 1. The summed E-state index contributed by atoms with van der Waals surface area (Å²) < 4.78 is 37.0. The van der Waals surface area contributed by atoms with Crippen LogP contribution in [0.5, 0.6) is 0 Å². The third-order valence-electron chi connectivity index (χ3n) is 3.20. The molecule has 16 heavy (non-hydrogen) atoms. The van der Waals surface area contributed by atoms with Crippen molar-refractivity contribution >= 4 is 0 Å². The second-order valence-corrected chi connectivity index (χ2v) is 4.90. The van der Waals surface area contributed by atoms with Gasteiger partial charge < -0.3 is 5.11 Å². The smallest absolute Gasteiger partial charge is 0.393 e. The normalized spacial score (nSPS) is 27.0. The zero-order chi connectivity index (χ0) is 12.3. The first-order chi connectivity index (χ1) is 7.29. The minimum atomic E-state index is -4.16. The van der Waals surface area contributed by atoms with E-state index < -0.39 is 18.8 Å². The maximum Gasteiger partial charge on any atom is 0.401 e. The first-order valence-corrected chi connectivity index (χ1v) is 5.78. The van der Waals surface area contributed by atoms with Crippen LogP contribution >= 0.6 is 0 Å². The summed E-state index contributed by atoms with van der Waals surface area (Å²) in [5.41, 5.74) is 0. The van der Waals surface area contributed by atoms with Gasteiger partial charge in [0, 0.05) is 12.6 Å². The molecule has 0 amide bonds. The molecular weight excluding hydrogens is 219 g/mol. The lowest BCUT2D eigenvalue weighted by Gasteiger charge is -2.30. The largest absolute Gasteiger partial charge is 0.401 e. The van der Waals surface area contributed by atoms with E-state index >= 15 is 0 Å². The number of aliphatic hydroxyl groups excluding tert-OH is 1. The molecule has 0 radical (unpaired) electrons. The van der Waals surface area contributed by atoms with E-state index in [9.17, 15) is 18.3 Å². The SMILES string of the molecule is CC(C)N(CC1CCCC1O)CC(F)(F)F. The molecule has 1 N–H and O–H groups in total. The molecule has 0 heterocycles. The van der Waals surface area contributed by atoms with E-state index in [1.165, 1.54) is 4.90 Å². The van der Waals surface area contributed by atoms with Crippen LogP contribution in [0.2, 0.25) is 0 Å². The van der Waals surface area contributed by atoms with Gasteiger partial charge in [0.05, 0.1) is 12.6 Å². The first-order valence-electron chi connectivity index (χ1n) is 5.78. The summed E-state index contributed by atoms with van der Waals surface area (Å²) in [6.07, 6.45) is -2.10.